The number of hydrogen-bond donors (Lipinski definition) is 2. The summed E-state index contributed by atoms with van der Waals surface area (Å²) in [4.78, 5) is 24.5. The predicted octanol–water partition coefficient (Wildman–Crippen LogP) is 4.31. The average molecular weight is 380 g/mol. The van der Waals surface area contributed by atoms with Gasteiger partial charge in [-0.2, -0.15) is 13.2 Å². The molecule has 0 aromatic heterocycles. The van der Waals surface area contributed by atoms with Crippen LogP contribution in [-0.4, -0.2) is 29.1 Å². The van der Waals surface area contributed by atoms with Gasteiger partial charge in [0.2, 0.25) is 0 Å². The molecule has 8 heteroatoms. The van der Waals surface area contributed by atoms with E-state index in [2.05, 4.69) is 5.32 Å². The molecule has 2 aromatic rings. The normalized spacial score (nSPS) is 12.3. The fourth-order valence-corrected chi connectivity index (χ4v) is 2.42. The molecule has 5 nitrogen and oxygen atoms in total. The minimum absolute atomic E-state index is 0.151. The number of benzene rings is 2. The molecular formula is C19H19F3N2O3. The third-order valence-electron chi connectivity index (χ3n) is 4.27. The smallest absolute Gasteiger partial charge is 0.416 e. The summed E-state index contributed by atoms with van der Waals surface area (Å²) in [5, 5.41) is 11.6. The van der Waals surface area contributed by atoms with Crippen LogP contribution >= 0.6 is 0 Å². The second-order valence-corrected chi connectivity index (χ2v) is 6.07. The van der Waals surface area contributed by atoms with Crippen LogP contribution in [-0.2, 0) is 12.7 Å². The Labute approximate surface area is 154 Å². The number of aromatic carboxylic acids is 1. The number of rotatable bonds is 5. The SMILES string of the molecule is CC(c1ccc(C(F)(F)F)cc1)N(C)C(=O)NCc1ccc(C(=O)O)cc1. The van der Waals surface area contributed by atoms with Crippen molar-refractivity contribution in [3.63, 3.8) is 0 Å². The second-order valence-electron chi connectivity index (χ2n) is 6.07. The van der Waals surface area contributed by atoms with Crippen LogP contribution in [0.4, 0.5) is 18.0 Å². The highest BCUT2D eigenvalue weighted by molar-refractivity contribution is 5.87. The Hall–Kier alpha value is -3.03. The number of carboxylic acid groups (broad SMARTS) is 1. The van der Waals surface area contributed by atoms with E-state index in [0.717, 1.165) is 17.7 Å². The minimum atomic E-state index is -4.40. The average Bonchev–Trinajstić information content (AvgIpc) is 2.64. The largest absolute Gasteiger partial charge is 0.478 e. The van der Waals surface area contributed by atoms with Gasteiger partial charge in [-0.05, 0) is 42.3 Å². The van der Waals surface area contributed by atoms with Gasteiger partial charge in [0, 0.05) is 13.6 Å². The molecule has 2 amide bonds. The summed E-state index contributed by atoms with van der Waals surface area (Å²) in [6.45, 7) is 1.91. The first-order valence-electron chi connectivity index (χ1n) is 8.09. The third-order valence-corrected chi connectivity index (χ3v) is 4.27. The second kappa shape index (κ2) is 8.11. The lowest BCUT2D eigenvalue weighted by atomic mass is 10.1. The lowest BCUT2D eigenvalue weighted by Crippen LogP contribution is -2.38. The Kier molecular flexibility index (Phi) is 6.09. The van der Waals surface area contributed by atoms with Gasteiger partial charge in [0.25, 0.3) is 0 Å². The van der Waals surface area contributed by atoms with Crippen molar-refractivity contribution in [1.82, 2.24) is 10.2 Å². The molecule has 0 spiro atoms. The highest BCUT2D eigenvalue weighted by atomic mass is 19.4. The molecule has 0 bridgehead atoms. The lowest BCUT2D eigenvalue weighted by molar-refractivity contribution is -0.137. The van der Waals surface area contributed by atoms with Crippen LogP contribution in [0, 0.1) is 0 Å². The first-order valence-corrected chi connectivity index (χ1v) is 8.09. The zero-order chi connectivity index (χ0) is 20.2. The number of nitrogens with zero attached hydrogens (tertiary/aromatic N) is 1. The predicted molar refractivity (Wildman–Crippen MR) is 93.3 cm³/mol. The quantitative estimate of drug-likeness (QED) is 0.812. The Morgan fingerprint density at radius 2 is 1.63 bits per heavy atom. The van der Waals surface area contributed by atoms with E-state index in [0.29, 0.717) is 5.56 Å². The van der Waals surface area contributed by atoms with Crippen molar-refractivity contribution in [3.05, 3.63) is 70.8 Å². The van der Waals surface area contributed by atoms with Gasteiger partial charge in [0.1, 0.15) is 0 Å². The van der Waals surface area contributed by atoms with Crippen LogP contribution in [0.1, 0.15) is 40.0 Å². The van der Waals surface area contributed by atoms with E-state index in [1.807, 2.05) is 0 Å². The topological polar surface area (TPSA) is 69.6 Å². The van der Waals surface area contributed by atoms with E-state index in [-0.39, 0.29) is 12.1 Å². The molecule has 1 unspecified atom stereocenters. The molecule has 2 N–H and O–H groups in total. The van der Waals surface area contributed by atoms with Gasteiger partial charge in [-0.15, -0.1) is 0 Å². The van der Waals surface area contributed by atoms with Crippen molar-refractivity contribution in [2.45, 2.75) is 25.7 Å². The van der Waals surface area contributed by atoms with Gasteiger partial charge in [-0.3, -0.25) is 0 Å². The summed E-state index contributed by atoms with van der Waals surface area (Å²) in [6.07, 6.45) is -4.40. The molecule has 2 rings (SSSR count). The fourth-order valence-electron chi connectivity index (χ4n) is 2.42. The van der Waals surface area contributed by atoms with Crippen molar-refractivity contribution < 1.29 is 27.9 Å². The number of carboxylic acids is 1. The van der Waals surface area contributed by atoms with Gasteiger partial charge in [0.05, 0.1) is 17.2 Å². The maximum atomic E-state index is 12.6. The molecule has 0 aliphatic carbocycles. The summed E-state index contributed by atoms with van der Waals surface area (Å²) >= 11 is 0. The van der Waals surface area contributed by atoms with E-state index in [1.54, 1.807) is 26.1 Å². The van der Waals surface area contributed by atoms with Crippen molar-refractivity contribution in [1.29, 1.82) is 0 Å². The molecule has 0 saturated carbocycles. The number of hydrogen-bond acceptors (Lipinski definition) is 2. The van der Waals surface area contributed by atoms with Crippen LogP contribution in [0.15, 0.2) is 48.5 Å². The molecule has 27 heavy (non-hydrogen) atoms. The van der Waals surface area contributed by atoms with Crippen molar-refractivity contribution in [3.8, 4) is 0 Å². The first-order chi connectivity index (χ1) is 12.6. The molecule has 0 saturated heterocycles. The number of amides is 2. The first kappa shape index (κ1) is 20.3. The van der Waals surface area contributed by atoms with Gasteiger partial charge in [-0.25, -0.2) is 9.59 Å². The Morgan fingerprint density at radius 1 is 1.07 bits per heavy atom. The molecule has 0 heterocycles. The molecule has 144 valence electrons. The van der Waals surface area contributed by atoms with E-state index >= 15 is 0 Å². The van der Waals surface area contributed by atoms with Gasteiger partial charge in [0.15, 0.2) is 0 Å². The van der Waals surface area contributed by atoms with Crippen LogP contribution in [0.5, 0.6) is 0 Å². The van der Waals surface area contributed by atoms with Gasteiger partial charge in [-0.1, -0.05) is 24.3 Å². The number of carbonyl (C=O) groups is 2. The molecule has 0 radical (unpaired) electrons. The van der Waals surface area contributed by atoms with Crippen molar-refractivity contribution in [2.24, 2.45) is 0 Å². The Balaban J connectivity index is 1.96. The van der Waals surface area contributed by atoms with E-state index in [4.69, 9.17) is 5.11 Å². The maximum absolute atomic E-state index is 12.6. The summed E-state index contributed by atoms with van der Waals surface area (Å²) in [7, 11) is 1.55. The zero-order valence-corrected chi connectivity index (χ0v) is 14.7. The van der Waals surface area contributed by atoms with Gasteiger partial charge < -0.3 is 15.3 Å². The summed E-state index contributed by atoms with van der Waals surface area (Å²) < 4.78 is 37.9. The van der Waals surface area contributed by atoms with Crippen molar-refractivity contribution >= 4 is 12.0 Å². The molecule has 0 fully saturated rings. The Morgan fingerprint density at radius 3 is 2.11 bits per heavy atom. The lowest BCUT2D eigenvalue weighted by Gasteiger charge is -2.26. The standard InChI is InChI=1S/C19H19F3N2O3/c1-12(14-7-9-16(10-8-14)19(20,21)22)24(2)18(27)23-11-13-3-5-15(6-4-13)17(25)26/h3-10,12H,11H2,1-2H3,(H,23,27)(H,25,26). The van der Waals surface area contributed by atoms with E-state index < -0.39 is 29.8 Å². The van der Waals surface area contributed by atoms with E-state index in [1.165, 1.54) is 29.2 Å². The highest BCUT2D eigenvalue weighted by Gasteiger charge is 2.30. The number of carbonyl (C=O) groups excluding carboxylic acids is 1. The van der Waals surface area contributed by atoms with Crippen LogP contribution in [0.2, 0.25) is 0 Å². The molecule has 0 aliphatic rings. The number of alkyl halides is 3. The molecular weight excluding hydrogens is 361 g/mol. The summed E-state index contributed by atoms with van der Waals surface area (Å²) in [5.41, 5.74) is 0.712. The molecule has 1 atom stereocenters. The number of nitrogens with one attached hydrogen (secondary N) is 1. The fraction of sp³-hybridized carbons (Fsp3) is 0.263. The highest BCUT2D eigenvalue weighted by Crippen LogP contribution is 2.30. The van der Waals surface area contributed by atoms with Gasteiger partial charge >= 0.3 is 18.2 Å². The Bertz CT molecular complexity index is 802. The molecule has 0 aliphatic heterocycles. The van der Waals surface area contributed by atoms with Crippen LogP contribution in [0.3, 0.4) is 0 Å². The molecule has 2 aromatic carbocycles. The summed E-state index contributed by atoms with van der Waals surface area (Å²) in [5.74, 6) is -1.03. The monoisotopic (exact) mass is 380 g/mol. The summed E-state index contributed by atoms with van der Waals surface area (Å²) in [6, 6.07) is 9.93. The third kappa shape index (κ3) is 5.22. The van der Waals surface area contributed by atoms with Crippen LogP contribution in [0.25, 0.3) is 0 Å². The van der Waals surface area contributed by atoms with Crippen LogP contribution < -0.4 is 5.32 Å². The van der Waals surface area contributed by atoms with Crippen molar-refractivity contribution in [2.75, 3.05) is 7.05 Å². The number of urea groups is 1. The maximum Gasteiger partial charge on any atom is 0.416 e. The van der Waals surface area contributed by atoms with E-state index in [9.17, 15) is 22.8 Å². The zero-order valence-electron chi connectivity index (χ0n) is 14.7. The number of halogens is 3. The minimum Gasteiger partial charge on any atom is -0.478 e.